The van der Waals surface area contributed by atoms with Crippen molar-refractivity contribution in [3.05, 3.63) is 30.5 Å². The summed E-state index contributed by atoms with van der Waals surface area (Å²) in [5, 5.41) is 1.06. The second-order valence-corrected chi connectivity index (χ2v) is 10.1. The fraction of sp³-hybridized carbons (Fsp3) is 0.200. The number of hydrogen-bond donors (Lipinski definition) is 1. The maximum atomic E-state index is 12.1. The molecular formula is C10H10Cl2NOPS. The molecule has 16 heavy (non-hydrogen) atoms. The van der Waals surface area contributed by atoms with E-state index < -0.39 is 6.34 Å². The van der Waals surface area contributed by atoms with Crippen LogP contribution in [0.4, 0.5) is 0 Å². The maximum absolute atomic E-state index is 12.1. The molecule has 0 atom stereocenters. The van der Waals surface area contributed by atoms with E-state index in [-0.39, 0.29) is 11.2 Å². The minimum absolute atomic E-state index is 0.0979. The summed E-state index contributed by atoms with van der Waals surface area (Å²) in [5.74, 6) is 0. The van der Waals surface area contributed by atoms with E-state index in [9.17, 15) is 4.57 Å². The number of halogens is 2. The normalized spacial score (nSPS) is 12.1. The first-order chi connectivity index (χ1) is 7.68. The lowest BCUT2D eigenvalue weighted by Gasteiger charge is -2.09. The van der Waals surface area contributed by atoms with E-state index in [0.717, 1.165) is 15.8 Å². The predicted molar refractivity (Wildman–Crippen MR) is 73.2 cm³/mol. The maximum Gasteiger partial charge on any atom is 0.172 e. The number of aromatic nitrogens is 1. The number of alkyl halides is 2. The first-order valence-electron chi connectivity index (χ1n) is 4.64. The van der Waals surface area contributed by atoms with Gasteiger partial charge in [0.15, 0.2) is 6.34 Å². The smallest absolute Gasteiger partial charge is 0.172 e. The van der Waals surface area contributed by atoms with Crippen molar-refractivity contribution < 1.29 is 4.57 Å². The minimum Gasteiger partial charge on any atom is -0.360 e. The number of para-hydroxylation sites is 1. The van der Waals surface area contributed by atoms with Gasteiger partial charge in [0.25, 0.3) is 0 Å². The summed E-state index contributed by atoms with van der Waals surface area (Å²) in [6.07, 6.45) is -0.698. The molecule has 0 fully saturated rings. The first-order valence-corrected chi connectivity index (χ1v) is 9.21. The fourth-order valence-electron chi connectivity index (χ4n) is 1.38. The third kappa shape index (κ3) is 2.43. The number of aromatic amines is 1. The largest absolute Gasteiger partial charge is 0.360 e. The van der Waals surface area contributed by atoms with Gasteiger partial charge in [0, 0.05) is 22.0 Å². The number of nitrogens with one attached hydrogen (secondary N) is 1. The Balaban J connectivity index is 2.38. The van der Waals surface area contributed by atoms with Crippen molar-refractivity contribution >= 4 is 51.8 Å². The van der Waals surface area contributed by atoms with Crippen molar-refractivity contribution in [3.8, 4) is 0 Å². The second kappa shape index (κ2) is 5.05. The van der Waals surface area contributed by atoms with Crippen molar-refractivity contribution in [2.45, 2.75) is 4.90 Å². The van der Waals surface area contributed by atoms with E-state index >= 15 is 0 Å². The van der Waals surface area contributed by atoms with Gasteiger partial charge in [-0.25, -0.2) is 0 Å². The molecule has 0 radical (unpaired) electrons. The van der Waals surface area contributed by atoms with Gasteiger partial charge in [-0.1, -0.05) is 29.6 Å². The Morgan fingerprint density at radius 2 is 1.94 bits per heavy atom. The van der Waals surface area contributed by atoms with Crippen LogP contribution in [0.15, 0.2) is 35.4 Å². The molecule has 0 aliphatic carbocycles. The van der Waals surface area contributed by atoms with Gasteiger partial charge in [-0.15, -0.1) is 23.2 Å². The van der Waals surface area contributed by atoms with Gasteiger partial charge in [0.2, 0.25) is 0 Å². The Kier molecular flexibility index (Phi) is 3.91. The van der Waals surface area contributed by atoms with Gasteiger partial charge in [-0.05, 0) is 6.07 Å². The van der Waals surface area contributed by atoms with Crippen LogP contribution in [0.1, 0.15) is 0 Å². The molecule has 2 rings (SSSR count). The minimum atomic E-state index is -2.55. The molecule has 1 aromatic heterocycles. The molecule has 1 heterocycles. The van der Waals surface area contributed by atoms with Crippen LogP contribution in [0.3, 0.4) is 0 Å². The summed E-state index contributed by atoms with van der Waals surface area (Å²) in [5.41, 5.74) is 1.22. The topological polar surface area (TPSA) is 32.9 Å². The number of fused-ring (bicyclic) bond motifs is 1. The van der Waals surface area contributed by atoms with E-state index in [4.69, 9.17) is 23.2 Å². The molecule has 0 saturated heterocycles. The van der Waals surface area contributed by atoms with Gasteiger partial charge in [-0.2, -0.15) is 0 Å². The zero-order valence-electron chi connectivity index (χ0n) is 8.32. The summed E-state index contributed by atoms with van der Waals surface area (Å²) in [6.45, 7) is 0. The lowest BCUT2D eigenvalue weighted by molar-refractivity contribution is 0.590. The van der Waals surface area contributed by atoms with Crippen LogP contribution in [0.5, 0.6) is 0 Å². The molecule has 0 aliphatic heterocycles. The molecule has 2 aromatic rings. The summed E-state index contributed by atoms with van der Waals surface area (Å²) in [7, 11) is 0. The predicted octanol–water partition coefficient (Wildman–Crippen LogP) is 4.93. The van der Waals surface area contributed by atoms with E-state index in [1.165, 1.54) is 11.4 Å². The van der Waals surface area contributed by atoms with Crippen molar-refractivity contribution in [2.75, 3.05) is 11.2 Å². The van der Waals surface area contributed by atoms with E-state index in [1.807, 2.05) is 30.5 Å². The molecule has 1 N–H and O–H groups in total. The molecule has 2 nitrogen and oxygen atoms in total. The van der Waals surface area contributed by atoms with Crippen LogP contribution in [-0.4, -0.2) is 16.2 Å². The number of hydrogen-bond acceptors (Lipinski definition) is 2. The Bertz CT molecular complexity index is 534. The van der Waals surface area contributed by atoms with Gasteiger partial charge in [0.05, 0.1) is 11.2 Å². The highest BCUT2D eigenvalue weighted by Gasteiger charge is 2.22. The van der Waals surface area contributed by atoms with Gasteiger partial charge < -0.3 is 9.55 Å². The first kappa shape index (κ1) is 12.4. The second-order valence-electron chi connectivity index (χ2n) is 3.34. The highest BCUT2D eigenvalue weighted by atomic mass is 35.5. The average Bonchev–Trinajstić information content (AvgIpc) is 2.73. The van der Waals surface area contributed by atoms with Gasteiger partial charge >= 0.3 is 0 Å². The van der Waals surface area contributed by atoms with Crippen LogP contribution < -0.4 is 0 Å². The van der Waals surface area contributed by atoms with Crippen LogP contribution in [0.25, 0.3) is 10.9 Å². The van der Waals surface area contributed by atoms with Crippen molar-refractivity contribution in [1.82, 2.24) is 4.98 Å². The van der Waals surface area contributed by atoms with Crippen molar-refractivity contribution in [2.24, 2.45) is 0 Å². The number of rotatable bonds is 4. The van der Waals surface area contributed by atoms with Gasteiger partial charge in [0.1, 0.15) is 0 Å². The number of benzene rings is 1. The Hall–Kier alpha value is -0.0800. The Morgan fingerprint density at radius 1 is 1.25 bits per heavy atom. The van der Waals surface area contributed by atoms with E-state index in [1.54, 1.807) is 0 Å². The standard InChI is InChI=1S/C10H10Cl2NOPS/c11-6-15(14,7-12)16-10-5-13-9-4-2-1-3-8(9)10/h1-5,13H,6-7H2. The SMILES string of the molecule is O=P(CCl)(CCl)Sc1c[nH]c2ccccc12. The molecule has 0 saturated carbocycles. The van der Waals surface area contributed by atoms with Crippen LogP contribution in [0.2, 0.25) is 0 Å². The quantitative estimate of drug-likeness (QED) is 0.640. The third-order valence-electron chi connectivity index (χ3n) is 2.18. The molecule has 0 aliphatic rings. The van der Waals surface area contributed by atoms with Crippen molar-refractivity contribution in [3.63, 3.8) is 0 Å². The van der Waals surface area contributed by atoms with Crippen LogP contribution >= 0.6 is 40.9 Å². The Morgan fingerprint density at radius 3 is 2.62 bits per heavy atom. The molecular weight excluding hydrogens is 284 g/mol. The molecule has 1 aromatic carbocycles. The average molecular weight is 294 g/mol. The monoisotopic (exact) mass is 293 g/mol. The molecule has 0 bridgehead atoms. The molecule has 0 unspecified atom stereocenters. The third-order valence-corrected chi connectivity index (χ3v) is 9.31. The van der Waals surface area contributed by atoms with Crippen molar-refractivity contribution in [1.29, 1.82) is 0 Å². The van der Waals surface area contributed by atoms with Crippen LogP contribution in [-0.2, 0) is 4.57 Å². The highest BCUT2D eigenvalue weighted by molar-refractivity contribution is 8.58. The van der Waals surface area contributed by atoms with Gasteiger partial charge in [-0.3, -0.25) is 0 Å². The highest BCUT2D eigenvalue weighted by Crippen LogP contribution is 2.63. The molecule has 0 spiro atoms. The zero-order chi connectivity index (χ0) is 11.6. The fourth-order valence-corrected chi connectivity index (χ4v) is 5.75. The lowest BCUT2D eigenvalue weighted by atomic mass is 10.2. The Labute approximate surface area is 108 Å². The lowest BCUT2D eigenvalue weighted by Crippen LogP contribution is -1.79. The summed E-state index contributed by atoms with van der Waals surface area (Å²) in [6, 6.07) is 7.87. The summed E-state index contributed by atoms with van der Waals surface area (Å²) < 4.78 is 12.1. The molecule has 0 amide bonds. The van der Waals surface area contributed by atoms with E-state index in [0.29, 0.717) is 0 Å². The molecule has 86 valence electrons. The summed E-state index contributed by atoms with van der Waals surface area (Å²) in [4.78, 5) is 4.08. The number of H-pyrrole nitrogens is 1. The summed E-state index contributed by atoms with van der Waals surface area (Å²) >= 11 is 12.7. The van der Waals surface area contributed by atoms with E-state index in [2.05, 4.69) is 4.98 Å². The zero-order valence-corrected chi connectivity index (χ0v) is 11.5. The molecule has 6 heteroatoms. The van der Waals surface area contributed by atoms with Crippen LogP contribution in [0, 0.1) is 0 Å².